The van der Waals surface area contributed by atoms with E-state index in [1.54, 1.807) is 19.1 Å². The molecule has 0 aliphatic heterocycles. The monoisotopic (exact) mass is 435 g/mol. The van der Waals surface area contributed by atoms with Gasteiger partial charge in [-0.2, -0.15) is 13.2 Å². The molecule has 3 aromatic rings. The molecule has 2 aromatic carbocycles. The highest BCUT2D eigenvalue weighted by molar-refractivity contribution is 5.67. The quantitative estimate of drug-likeness (QED) is 0.474. The fourth-order valence-corrected chi connectivity index (χ4v) is 3.38. The molecule has 0 atom stereocenters. The summed E-state index contributed by atoms with van der Waals surface area (Å²) in [5, 5.41) is 8.87. The van der Waals surface area contributed by atoms with E-state index in [-0.39, 0.29) is 18.7 Å². The Morgan fingerprint density at radius 1 is 1.03 bits per heavy atom. The fraction of sp³-hybridized carbons (Fsp3) is 0.261. The molecule has 3 rings (SSSR count). The van der Waals surface area contributed by atoms with Crippen LogP contribution in [0.4, 0.5) is 17.6 Å². The normalized spacial score (nSPS) is 11.5. The van der Waals surface area contributed by atoms with Gasteiger partial charge in [0.15, 0.2) is 0 Å². The second-order valence-electron chi connectivity index (χ2n) is 7.18. The largest absolute Gasteiger partial charge is 0.487 e. The molecule has 1 aromatic heterocycles. The lowest BCUT2D eigenvalue weighted by Gasteiger charge is -2.17. The maximum absolute atomic E-state index is 13.5. The van der Waals surface area contributed by atoms with Crippen LogP contribution in [0.25, 0.3) is 5.69 Å². The number of aliphatic carboxylic acids is 1. The number of carboxylic acids is 1. The number of halogens is 4. The molecule has 0 saturated carbocycles. The van der Waals surface area contributed by atoms with Gasteiger partial charge in [0.1, 0.15) is 18.2 Å². The molecule has 0 saturated heterocycles. The number of hydrogen-bond acceptors (Lipinski definition) is 2. The fourth-order valence-electron chi connectivity index (χ4n) is 3.38. The molecule has 0 radical (unpaired) electrons. The van der Waals surface area contributed by atoms with Gasteiger partial charge in [0.2, 0.25) is 0 Å². The highest BCUT2D eigenvalue weighted by Gasteiger charge is 2.35. The molecule has 0 fully saturated rings. The van der Waals surface area contributed by atoms with Crippen molar-refractivity contribution in [3.05, 3.63) is 82.4 Å². The molecule has 4 nitrogen and oxygen atoms in total. The number of carbonyl (C=O) groups is 1. The third-order valence-electron chi connectivity index (χ3n) is 5.22. The lowest BCUT2D eigenvalue weighted by atomic mass is 9.99. The lowest BCUT2D eigenvalue weighted by Crippen LogP contribution is -2.13. The van der Waals surface area contributed by atoms with Crippen LogP contribution in [0, 0.1) is 19.7 Å². The van der Waals surface area contributed by atoms with Crippen LogP contribution in [-0.2, 0) is 24.0 Å². The van der Waals surface area contributed by atoms with E-state index in [9.17, 15) is 22.4 Å². The van der Waals surface area contributed by atoms with Gasteiger partial charge in [-0.1, -0.05) is 6.07 Å². The minimum Gasteiger partial charge on any atom is -0.487 e. The standard InChI is InChI=1S/C23H21F4NO3/c1-14-15(2)21(9-3-16(14)4-10-22(29)30)31-13-20-19(23(25,26)27)11-12-28(20)18-7-5-17(24)6-8-18/h3,5-9,11-12H,4,10,13H2,1-2H3,(H,29,30). The first kappa shape index (κ1) is 22.4. The number of aromatic nitrogens is 1. The number of hydrogen-bond donors (Lipinski definition) is 1. The van der Waals surface area contributed by atoms with Crippen molar-refractivity contribution in [2.45, 2.75) is 39.5 Å². The Labute approximate surface area is 176 Å². The van der Waals surface area contributed by atoms with Gasteiger partial charge in [0.25, 0.3) is 0 Å². The molecule has 0 aliphatic carbocycles. The van der Waals surface area contributed by atoms with Crippen LogP contribution < -0.4 is 4.74 Å². The van der Waals surface area contributed by atoms with Crippen LogP contribution in [0.15, 0.2) is 48.7 Å². The number of benzene rings is 2. The Morgan fingerprint density at radius 2 is 1.71 bits per heavy atom. The van der Waals surface area contributed by atoms with Crippen LogP contribution in [0.3, 0.4) is 0 Å². The summed E-state index contributed by atoms with van der Waals surface area (Å²) in [6, 6.07) is 9.47. The minimum atomic E-state index is -4.57. The summed E-state index contributed by atoms with van der Waals surface area (Å²) in [5.41, 5.74) is 1.86. The van der Waals surface area contributed by atoms with E-state index < -0.39 is 23.5 Å². The summed E-state index contributed by atoms with van der Waals surface area (Å²) in [6.45, 7) is 3.24. The maximum atomic E-state index is 13.5. The van der Waals surface area contributed by atoms with Crippen molar-refractivity contribution in [1.82, 2.24) is 4.57 Å². The number of ether oxygens (including phenoxy) is 1. The SMILES string of the molecule is Cc1c(CCC(=O)O)ccc(OCc2c(C(F)(F)F)ccn2-c2ccc(F)cc2)c1C. The number of carboxylic acid groups (broad SMARTS) is 1. The van der Waals surface area contributed by atoms with Gasteiger partial charge < -0.3 is 14.4 Å². The summed E-state index contributed by atoms with van der Waals surface area (Å²) in [7, 11) is 0. The molecule has 0 spiro atoms. The third-order valence-corrected chi connectivity index (χ3v) is 5.22. The van der Waals surface area contributed by atoms with Crippen molar-refractivity contribution in [1.29, 1.82) is 0 Å². The van der Waals surface area contributed by atoms with E-state index in [1.807, 2.05) is 6.92 Å². The van der Waals surface area contributed by atoms with Crippen LogP contribution in [0.2, 0.25) is 0 Å². The Balaban J connectivity index is 1.90. The molecular formula is C23H21F4NO3. The maximum Gasteiger partial charge on any atom is 0.418 e. The molecule has 0 unspecified atom stereocenters. The summed E-state index contributed by atoms with van der Waals surface area (Å²) in [4.78, 5) is 10.8. The molecule has 1 N–H and O–H groups in total. The molecular weight excluding hydrogens is 414 g/mol. The number of nitrogens with zero attached hydrogens (tertiary/aromatic N) is 1. The Kier molecular flexibility index (Phi) is 6.38. The van der Waals surface area contributed by atoms with Gasteiger partial charge in [-0.3, -0.25) is 4.79 Å². The van der Waals surface area contributed by atoms with Crippen molar-refractivity contribution in [3.8, 4) is 11.4 Å². The Bertz CT molecular complexity index is 1090. The number of rotatable bonds is 7. The van der Waals surface area contributed by atoms with Crippen LogP contribution in [0.5, 0.6) is 5.75 Å². The molecule has 8 heteroatoms. The Morgan fingerprint density at radius 3 is 2.32 bits per heavy atom. The van der Waals surface area contributed by atoms with Crippen molar-refractivity contribution in [2.24, 2.45) is 0 Å². The van der Waals surface area contributed by atoms with E-state index in [0.717, 1.165) is 22.8 Å². The van der Waals surface area contributed by atoms with Gasteiger partial charge in [-0.15, -0.1) is 0 Å². The highest BCUT2D eigenvalue weighted by Crippen LogP contribution is 2.35. The van der Waals surface area contributed by atoms with E-state index >= 15 is 0 Å². The van der Waals surface area contributed by atoms with Crippen molar-refractivity contribution >= 4 is 5.97 Å². The van der Waals surface area contributed by atoms with Gasteiger partial charge in [-0.05, 0) is 73.4 Å². The zero-order chi connectivity index (χ0) is 22.8. The van der Waals surface area contributed by atoms with Gasteiger partial charge in [0.05, 0.1) is 11.3 Å². The first-order valence-corrected chi connectivity index (χ1v) is 9.55. The van der Waals surface area contributed by atoms with Crippen LogP contribution >= 0.6 is 0 Å². The average Bonchev–Trinajstić information content (AvgIpc) is 3.13. The van der Waals surface area contributed by atoms with Crippen molar-refractivity contribution in [3.63, 3.8) is 0 Å². The summed E-state index contributed by atoms with van der Waals surface area (Å²) < 4.78 is 60.9. The zero-order valence-corrected chi connectivity index (χ0v) is 17.0. The van der Waals surface area contributed by atoms with E-state index in [4.69, 9.17) is 9.84 Å². The van der Waals surface area contributed by atoms with E-state index in [0.29, 0.717) is 17.9 Å². The number of aryl methyl sites for hydroxylation is 1. The first-order valence-electron chi connectivity index (χ1n) is 9.55. The van der Waals surface area contributed by atoms with Gasteiger partial charge >= 0.3 is 12.1 Å². The summed E-state index contributed by atoms with van der Waals surface area (Å²) in [5.74, 6) is -0.978. The topological polar surface area (TPSA) is 51.5 Å². The third kappa shape index (κ3) is 5.07. The molecule has 164 valence electrons. The predicted octanol–water partition coefficient (Wildman–Crippen LogP) is 5.85. The molecule has 0 amide bonds. The summed E-state index contributed by atoms with van der Waals surface area (Å²) >= 11 is 0. The highest BCUT2D eigenvalue weighted by atomic mass is 19.4. The van der Waals surface area contributed by atoms with Crippen LogP contribution in [-0.4, -0.2) is 15.6 Å². The van der Waals surface area contributed by atoms with Crippen LogP contribution in [0.1, 0.15) is 34.4 Å². The molecule has 31 heavy (non-hydrogen) atoms. The average molecular weight is 435 g/mol. The van der Waals surface area contributed by atoms with E-state index in [1.165, 1.54) is 35.0 Å². The lowest BCUT2D eigenvalue weighted by molar-refractivity contribution is -0.139. The van der Waals surface area contributed by atoms with Crippen molar-refractivity contribution < 1.29 is 32.2 Å². The second kappa shape index (κ2) is 8.83. The van der Waals surface area contributed by atoms with Gasteiger partial charge in [0, 0.05) is 18.3 Å². The molecule has 1 heterocycles. The van der Waals surface area contributed by atoms with Gasteiger partial charge in [-0.25, -0.2) is 4.39 Å². The zero-order valence-electron chi connectivity index (χ0n) is 17.0. The first-order chi connectivity index (χ1) is 14.6. The van der Waals surface area contributed by atoms with Crippen molar-refractivity contribution in [2.75, 3.05) is 0 Å². The van der Waals surface area contributed by atoms with E-state index in [2.05, 4.69) is 0 Å². The second-order valence-corrected chi connectivity index (χ2v) is 7.18. The minimum absolute atomic E-state index is 0.0133. The number of alkyl halides is 3. The Hall–Kier alpha value is -3.29. The predicted molar refractivity (Wildman–Crippen MR) is 107 cm³/mol. The molecule has 0 bridgehead atoms. The summed E-state index contributed by atoms with van der Waals surface area (Å²) in [6.07, 6.45) is -2.95. The smallest absolute Gasteiger partial charge is 0.418 e. The molecule has 0 aliphatic rings.